The lowest BCUT2D eigenvalue weighted by molar-refractivity contribution is 0.178. The smallest absolute Gasteiger partial charge is 0.137 e. The van der Waals surface area contributed by atoms with Crippen molar-refractivity contribution in [2.75, 3.05) is 11.9 Å². The van der Waals surface area contributed by atoms with Gasteiger partial charge in [0, 0.05) is 30.6 Å². The van der Waals surface area contributed by atoms with Crippen molar-refractivity contribution in [3.05, 3.63) is 16.5 Å². The summed E-state index contributed by atoms with van der Waals surface area (Å²) in [5.41, 5.74) is 0.897. The Hall–Kier alpha value is -0.870. The summed E-state index contributed by atoms with van der Waals surface area (Å²) in [5.74, 6) is 1.94. The van der Waals surface area contributed by atoms with Crippen LogP contribution in [0.1, 0.15) is 50.4 Å². The lowest BCUT2D eigenvalue weighted by atomic mass is 9.85. The van der Waals surface area contributed by atoms with E-state index in [1.165, 1.54) is 12.8 Å². The molecule has 2 unspecified atom stereocenters. The highest BCUT2D eigenvalue weighted by Gasteiger charge is 2.25. The molecule has 20 heavy (non-hydrogen) atoms. The van der Waals surface area contributed by atoms with Gasteiger partial charge < -0.3 is 10.4 Å². The second-order valence-corrected chi connectivity index (χ2v) is 5.99. The van der Waals surface area contributed by atoms with E-state index in [2.05, 4.69) is 22.2 Å². The van der Waals surface area contributed by atoms with Crippen molar-refractivity contribution in [2.45, 2.75) is 58.4 Å². The highest BCUT2D eigenvalue weighted by molar-refractivity contribution is 6.30. The number of aliphatic hydroxyl groups is 1. The van der Waals surface area contributed by atoms with Crippen LogP contribution in [0.5, 0.6) is 0 Å². The zero-order chi connectivity index (χ0) is 14.5. The van der Waals surface area contributed by atoms with Crippen LogP contribution in [-0.4, -0.2) is 27.7 Å². The second-order valence-electron chi connectivity index (χ2n) is 5.63. The average Bonchev–Trinajstić information content (AvgIpc) is 2.45. The highest BCUT2D eigenvalue weighted by atomic mass is 35.5. The summed E-state index contributed by atoms with van der Waals surface area (Å²) in [5, 5.41) is 13.5. The first kappa shape index (κ1) is 15.5. The summed E-state index contributed by atoms with van der Waals surface area (Å²) in [6.45, 7) is 4.28. The average molecular weight is 298 g/mol. The number of aryl methyl sites for hydroxylation is 1. The van der Waals surface area contributed by atoms with Gasteiger partial charge in [-0.15, -0.1) is 0 Å². The number of aromatic nitrogens is 2. The Labute approximate surface area is 126 Å². The number of hydrogen-bond acceptors (Lipinski definition) is 4. The third-order valence-corrected chi connectivity index (χ3v) is 4.44. The summed E-state index contributed by atoms with van der Waals surface area (Å²) in [4.78, 5) is 8.92. The fourth-order valence-electron chi connectivity index (χ4n) is 2.80. The van der Waals surface area contributed by atoms with Gasteiger partial charge in [-0.1, -0.05) is 31.4 Å². The molecular weight excluding hydrogens is 274 g/mol. The number of rotatable bonds is 5. The lowest BCUT2D eigenvalue weighted by Gasteiger charge is -2.31. The predicted molar refractivity (Wildman–Crippen MR) is 82.2 cm³/mol. The molecule has 4 nitrogen and oxygen atoms in total. The first-order chi connectivity index (χ1) is 9.65. The molecule has 2 N–H and O–H groups in total. The third-order valence-electron chi connectivity index (χ3n) is 4.07. The van der Waals surface area contributed by atoms with E-state index < -0.39 is 0 Å². The van der Waals surface area contributed by atoms with E-state index in [0.29, 0.717) is 11.1 Å². The van der Waals surface area contributed by atoms with Crippen molar-refractivity contribution >= 4 is 17.4 Å². The number of halogens is 1. The minimum absolute atomic E-state index is 0.233. The molecule has 0 aromatic carbocycles. The van der Waals surface area contributed by atoms with Crippen molar-refractivity contribution in [3.63, 3.8) is 0 Å². The molecule has 112 valence electrons. The van der Waals surface area contributed by atoms with Crippen LogP contribution in [0.15, 0.2) is 0 Å². The number of nitrogens with one attached hydrogen (secondary N) is 1. The van der Waals surface area contributed by atoms with E-state index in [9.17, 15) is 5.11 Å². The molecule has 0 bridgehead atoms. The largest absolute Gasteiger partial charge is 0.396 e. The Bertz CT molecular complexity index is 453. The number of hydrogen-bond donors (Lipinski definition) is 2. The van der Waals surface area contributed by atoms with Crippen LogP contribution in [0.2, 0.25) is 5.15 Å². The second kappa shape index (κ2) is 7.23. The summed E-state index contributed by atoms with van der Waals surface area (Å²) in [6.07, 6.45) is 6.40. The minimum Gasteiger partial charge on any atom is -0.396 e. The van der Waals surface area contributed by atoms with Gasteiger partial charge in [-0.05, 0) is 26.2 Å². The standard InChI is InChI=1S/C15H24ClN3O/c1-3-6-13-18-14(16)10(2)15(19-13)17-12-8-5-4-7-11(12)9-20/h11-12,20H,3-9H2,1-2H3,(H,17,18,19). The van der Waals surface area contributed by atoms with Gasteiger partial charge in [0.2, 0.25) is 0 Å². The van der Waals surface area contributed by atoms with Crippen LogP contribution in [0.4, 0.5) is 5.82 Å². The maximum atomic E-state index is 9.50. The maximum Gasteiger partial charge on any atom is 0.137 e. The Morgan fingerprint density at radius 3 is 2.75 bits per heavy atom. The Balaban J connectivity index is 2.18. The quantitative estimate of drug-likeness (QED) is 0.818. The molecule has 1 heterocycles. The van der Waals surface area contributed by atoms with Gasteiger partial charge in [-0.3, -0.25) is 0 Å². The van der Waals surface area contributed by atoms with E-state index in [1.54, 1.807) is 0 Å². The topological polar surface area (TPSA) is 58.0 Å². The van der Waals surface area contributed by atoms with E-state index in [0.717, 1.165) is 42.9 Å². The normalized spacial score (nSPS) is 22.8. The summed E-state index contributed by atoms with van der Waals surface area (Å²) in [6, 6.07) is 0.285. The summed E-state index contributed by atoms with van der Waals surface area (Å²) < 4.78 is 0. The van der Waals surface area contributed by atoms with E-state index >= 15 is 0 Å². The monoisotopic (exact) mass is 297 g/mol. The van der Waals surface area contributed by atoms with Crippen molar-refractivity contribution in [3.8, 4) is 0 Å². The fraction of sp³-hybridized carbons (Fsp3) is 0.733. The van der Waals surface area contributed by atoms with Gasteiger partial charge in [0.25, 0.3) is 0 Å². The first-order valence-corrected chi connectivity index (χ1v) is 7.94. The molecular formula is C15H24ClN3O. The molecule has 0 aliphatic heterocycles. The Morgan fingerprint density at radius 2 is 2.05 bits per heavy atom. The van der Waals surface area contributed by atoms with Crippen molar-refractivity contribution in [2.24, 2.45) is 5.92 Å². The molecule has 1 aromatic heterocycles. The van der Waals surface area contributed by atoms with Crippen LogP contribution in [0, 0.1) is 12.8 Å². The molecule has 0 amide bonds. The molecule has 1 aliphatic carbocycles. The van der Waals surface area contributed by atoms with Crippen molar-refractivity contribution in [1.82, 2.24) is 9.97 Å². The molecule has 0 spiro atoms. The number of nitrogens with zero attached hydrogens (tertiary/aromatic N) is 2. The Kier molecular flexibility index (Phi) is 5.61. The van der Waals surface area contributed by atoms with Crippen LogP contribution in [0.25, 0.3) is 0 Å². The SMILES string of the molecule is CCCc1nc(Cl)c(C)c(NC2CCCCC2CO)n1. The predicted octanol–water partition coefficient (Wildman–Crippen LogP) is 3.35. The number of aliphatic hydroxyl groups excluding tert-OH is 1. The molecule has 1 saturated carbocycles. The van der Waals surface area contributed by atoms with Gasteiger partial charge >= 0.3 is 0 Å². The van der Waals surface area contributed by atoms with Gasteiger partial charge in [-0.2, -0.15) is 0 Å². The van der Waals surface area contributed by atoms with Gasteiger partial charge in [0.15, 0.2) is 0 Å². The molecule has 2 rings (SSSR count). The zero-order valence-corrected chi connectivity index (χ0v) is 13.1. The molecule has 0 radical (unpaired) electrons. The van der Waals surface area contributed by atoms with Gasteiger partial charge in [0.1, 0.15) is 16.8 Å². The van der Waals surface area contributed by atoms with Crippen molar-refractivity contribution in [1.29, 1.82) is 0 Å². The molecule has 5 heteroatoms. The summed E-state index contributed by atoms with van der Waals surface area (Å²) in [7, 11) is 0. The van der Waals surface area contributed by atoms with E-state index in [4.69, 9.17) is 11.6 Å². The third kappa shape index (κ3) is 3.61. The lowest BCUT2D eigenvalue weighted by Crippen LogP contribution is -2.35. The van der Waals surface area contributed by atoms with Crippen molar-refractivity contribution < 1.29 is 5.11 Å². The van der Waals surface area contributed by atoms with E-state index in [1.807, 2.05) is 6.92 Å². The molecule has 2 atom stereocenters. The van der Waals surface area contributed by atoms with Crippen LogP contribution < -0.4 is 5.32 Å². The van der Waals surface area contributed by atoms with Crippen LogP contribution >= 0.6 is 11.6 Å². The van der Waals surface area contributed by atoms with Gasteiger partial charge in [0.05, 0.1) is 0 Å². The Morgan fingerprint density at radius 1 is 1.30 bits per heavy atom. The molecule has 1 fully saturated rings. The molecule has 1 aromatic rings. The van der Waals surface area contributed by atoms with Gasteiger partial charge in [-0.25, -0.2) is 9.97 Å². The zero-order valence-electron chi connectivity index (χ0n) is 12.3. The summed E-state index contributed by atoms with van der Waals surface area (Å²) >= 11 is 6.20. The number of anilines is 1. The molecule has 0 saturated heterocycles. The van der Waals surface area contributed by atoms with Crippen LogP contribution in [-0.2, 0) is 6.42 Å². The molecule has 1 aliphatic rings. The van der Waals surface area contributed by atoms with Crippen LogP contribution in [0.3, 0.4) is 0 Å². The highest BCUT2D eigenvalue weighted by Crippen LogP contribution is 2.29. The minimum atomic E-state index is 0.233. The van der Waals surface area contributed by atoms with E-state index in [-0.39, 0.29) is 12.6 Å². The maximum absolute atomic E-state index is 9.50. The first-order valence-electron chi connectivity index (χ1n) is 7.56. The fourth-order valence-corrected chi connectivity index (χ4v) is 2.99.